The van der Waals surface area contributed by atoms with Gasteiger partial charge >= 0.3 is 0 Å². The molecule has 2 aromatic rings. The Balaban J connectivity index is 1.79. The molecule has 2 nitrogen and oxygen atoms in total. The van der Waals surface area contributed by atoms with Crippen molar-refractivity contribution < 1.29 is 0 Å². The predicted octanol–water partition coefficient (Wildman–Crippen LogP) is 5.10. The first kappa shape index (κ1) is 15.5. The molecular weight excluding hydrogens is 315 g/mol. The van der Waals surface area contributed by atoms with Gasteiger partial charge in [-0.1, -0.05) is 23.2 Å². The zero-order chi connectivity index (χ0) is 15.7. The van der Waals surface area contributed by atoms with Gasteiger partial charge < -0.3 is 9.80 Å². The van der Waals surface area contributed by atoms with Crippen molar-refractivity contribution in [2.75, 3.05) is 22.9 Å². The van der Waals surface area contributed by atoms with E-state index in [1.807, 2.05) is 24.3 Å². The minimum absolute atomic E-state index is 0.431. The number of nitrogens with zero attached hydrogens (tertiary/aromatic N) is 2. The van der Waals surface area contributed by atoms with Crippen LogP contribution in [0.5, 0.6) is 0 Å². The summed E-state index contributed by atoms with van der Waals surface area (Å²) in [6.07, 6.45) is 0. The van der Waals surface area contributed by atoms with Crippen molar-refractivity contribution in [3.63, 3.8) is 0 Å². The van der Waals surface area contributed by atoms with Gasteiger partial charge in [-0.15, -0.1) is 0 Å². The van der Waals surface area contributed by atoms with Crippen molar-refractivity contribution in [2.24, 2.45) is 0 Å². The number of piperazine rings is 1. The molecule has 0 radical (unpaired) electrons. The van der Waals surface area contributed by atoms with Gasteiger partial charge in [0, 0.05) is 46.6 Å². The van der Waals surface area contributed by atoms with Gasteiger partial charge in [0.05, 0.1) is 0 Å². The first-order valence-corrected chi connectivity index (χ1v) is 8.34. The Morgan fingerprint density at radius 2 is 1.14 bits per heavy atom. The second-order valence-corrected chi connectivity index (χ2v) is 6.84. The fourth-order valence-corrected chi connectivity index (χ4v) is 3.56. The Bertz CT molecular complexity index is 613. The van der Waals surface area contributed by atoms with E-state index in [0.717, 1.165) is 23.1 Å². The average molecular weight is 335 g/mol. The first-order valence-electron chi connectivity index (χ1n) is 7.59. The van der Waals surface area contributed by atoms with Crippen LogP contribution in [0.25, 0.3) is 0 Å². The summed E-state index contributed by atoms with van der Waals surface area (Å²) in [6, 6.07) is 17.1. The molecule has 0 N–H and O–H groups in total. The average Bonchev–Trinajstić information content (AvgIpc) is 2.49. The summed E-state index contributed by atoms with van der Waals surface area (Å²) in [5.74, 6) is 0. The van der Waals surface area contributed by atoms with Crippen LogP contribution in [0.4, 0.5) is 11.4 Å². The van der Waals surface area contributed by atoms with Crippen molar-refractivity contribution >= 4 is 34.6 Å². The Morgan fingerprint density at radius 1 is 0.727 bits per heavy atom. The zero-order valence-corrected chi connectivity index (χ0v) is 14.3. The third-order valence-electron chi connectivity index (χ3n) is 4.24. The molecule has 2 atom stereocenters. The van der Waals surface area contributed by atoms with Crippen LogP contribution in [-0.2, 0) is 0 Å². The lowest BCUT2D eigenvalue weighted by Crippen LogP contribution is -2.57. The lowest BCUT2D eigenvalue weighted by atomic mass is 10.1. The molecule has 0 unspecified atom stereocenters. The summed E-state index contributed by atoms with van der Waals surface area (Å²) in [4.78, 5) is 4.90. The lowest BCUT2D eigenvalue weighted by Gasteiger charge is -2.46. The summed E-state index contributed by atoms with van der Waals surface area (Å²) in [5, 5.41) is 1.56. The van der Waals surface area contributed by atoms with Crippen molar-refractivity contribution in [1.82, 2.24) is 0 Å². The molecule has 3 rings (SSSR count). The monoisotopic (exact) mass is 334 g/mol. The highest BCUT2D eigenvalue weighted by Gasteiger charge is 2.29. The van der Waals surface area contributed by atoms with Gasteiger partial charge in [0.25, 0.3) is 0 Å². The summed E-state index contributed by atoms with van der Waals surface area (Å²) in [7, 11) is 0. The summed E-state index contributed by atoms with van der Waals surface area (Å²) in [6.45, 7) is 6.53. The number of hydrogen-bond acceptors (Lipinski definition) is 2. The topological polar surface area (TPSA) is 6.48 Å². The van der Waals surface area contributed by atoms with Crippen molar-refractivity contribution in [3.05, 3.63) is 58.6 Å². The minimum atomic E-state index is 0.431. The van der Waals surface area contributed by atoms with Gasteiger partial charge in [0.1, 0.15) is 0 Å². The van der Waals surface area contributed by atoms with Crippen LogP contribution in [0.1, 0.15) is 13.8 Å². The number of anilines is 2. The molecule has 1 aliphatic heterocycles. The highest BCUT2D eigenvalue weighted by molar-refractivity contribution is 6.30. The number of benzene rings is 2. The maximum atomic E-state index is 6.00. The molecule has 0 aromatic heterocycles. The van der Waals surface area contributed by atoms with E-state index < -0.39 is 0 Å². The van der Waals surface area contributed by atoms with Crippen LogP contribution in [0.2, 0.25) is 10.0 Å². The van der Waals surface area contributed by atoms with E-state index in [4.69, 9.17) is 23.2 Å². The third kappa shape index (κ3) is 3.18. The van der Waals surface area contributed by atoms with Crippen molar-refractivity contribution in [3.8, 4) is 0 Å². The zero-order valence-electron chi connectivity index (χ0n) is 12.8. The normalized spacial score (nSPS) is 22.0. The number of rotatable bonds is 2. The number of halogens is 2. The Hall–Kier alpha value is -1.38. The van der Waals surface area contributed by atoms with Crippen molar-refractivity contribution in [2.45, 2.75) is 25.9 Å². The molecule has 2 aromatic carbocycles. The standard InChI is InChI=1S/C18H20Cl2N2/c1-13-11-21(17-7-3-15(19)4-8-17)12-14(2)22(13)18-9-5-16(20)6-10-18/h3-10,13-14H,11-12H2,1-2H3/t13-,14+. The Morgan fingerprint density at radius 3 is 1.59 bits per heavy atom. The van der Waals surface area contributed by atoms with E-state index in [2.05, 4.69) is 47.9 Å². The predicted molar refractivity (Wildman–Crippen MR) is 96.5 cm³/mol. The molecule has 1 aliphatic rings. The van der Waals surface area contributed by atoms with Gasteiger partial charge in [-0.25, -0.2) is 0 Å². The fourth-order valence-electron chi connectivity index (χ4n) is 3.31. The molecule has 4 heteroatoms. The van der Waals surface area contributed by atoms with Gasteiger partial charge in [0.2, 0.25) is 0 Å². The van der Waals surface area contributed by atoms with Crippen LogP contribution in [-0.4, -0.2) is 25.2 Å². The number of hydrogen-bond donors (Lipinski definition) is 0. The maximum Gasteiger partial charge on any atom is 0.0440 e. The lowest BCUT2D eigenvalue weighted by molar-refractivity contribution is 0.475. The highest BCUT2D eigenvalue weighted by atomic mass is 35.5. The summed E-state index contributed by atoms with van der Waals surface area (Å²) >= 11 is 12.0. The van der Waals surface area contributed by atoms with Crippen LogP contribution in [0, 0.1) is 0 Å². The van der Waals surface area contributed by atoms with E-state index in [1.165, 1.54) is 11.4 Å². The van der Waals surface area contributed by atoms with Crippen LogP contribution in [0.15, 0.2) is 48.5 Å². The Kier molecular flexibility index (Phi) is 4.51. The second-order valence-electron chi connectivity index (χ2n) is 5.96. The molecule has 0 saturated carbocycles. The van der Waals surface area contributed by atoms with Gasteiger partial charge in [0.15, 0.2) is 0 Å². The van der Waals surface area contributed by atoms with Gasteiger partial charge in [-0.3, -0.25) is 0 Å². The molecule has 0 spiro atoms. The smallest absolute Gasteiger partial charge is 0.0440 e. The van der Waals surface area contributed by atoms with Gasteiger partial charge in [-0.05, 0) is 62.4 Å². The first-order chi connectivity index (χ1) is 10.5. The Labute approximate surface area is 142 Å². The summed E-state index contributed by atoms with van der Waals surface area (Å²) < 4.78 is 0. The quantitative estimate of drug-likeness (QED) is 0.754. The van der Waals surface area contributed by atoms with Crippen LogP contribution < -0.4 is 9.80 Å². The fraction of sp³-hybridized carbons (Fsp3) is 0.333. The summed E-state index contributed by atoms with van der Waals surface area (Å²) in [5.41, 5.74) is 2.47. The highest BCUT2D eigenvalue weighted by Crippen LogP contribution is 2.29. The molecule has 0 bridgehead atoms. The molecule has 1 fully saturated rings. The van der Waals surface area contributed by atoms with E-state index in [0.29, 0.717) is 12.1 Å². The molecule has 22 heavy (non-hydrogen) atoms. The minimum Gasteiger partial charge on any atom is -0.367 e. The largest absolute Gasteiger partial charge is 0.367 e. The van der Waals surface area contributed by atoms with E-state index in [1.54, 1.807) is 0 Å². The van der Waals surface area contributed by atoms with Gasteiger partial charge in [-0.2, -0.15) is 0 Å². The molecule has 0 amide bonds. The van der Waals surface area contributed by atoms with Crippen LogP contribution in [0.3, 0.4) is 0 Å². The van der Waals surface area contributed by atoms with E-state index >= 15 is 0 Å². The molecule has 116 valence electrons. The van der Waals surface area contributed by atoms with E-state index in [-0.39, 0.29) is 0 Å². The maximum absolute atomic E-state index is 6.00. The molecule has 0 aliphatic carbocycles. The van der Waals surface area contributed by atoms with Crippen molar-refractivity contribution in [1.29, 1.82) is 0 Å². The van der Waals surface area contributed by atoms with E-state index in [9.17, 15) is 0 Å². The molecule has 1 saturated heterocycles. The van der Waals surface area contributed by atoms with Crippen LogP contribution >= 0.6 is 23.2 Å². The molecule has 1 heterocycles. The second kappa shape index (κ2) is 6.39. The third-order valence-corrected chi connectivity index (χ3v) is 4.74. The molecular formula is C18H20Cl2N2. The SMILES string of the molecule is C[C@@H]1CN(c2ccc(Cl)cc2)C[C@H](C)N1c1ccc(Cl)cc1.